The zero-order valence-corrected chi connectivity index (χ0v) is 7.69. The van der Waals surface area contributed by atoms with E-state index in [-0.39, 0.29) is 5.60 Å². The topological polar surface area (TPSA) is 9.23 Å². The van der Waals surface area contributed by atoms with Gasteiger partial charge in [0.2, 0.25) is 0 Å². The highest BCUT2D eigenvalue weighted by Crippen LogP contribution is 2.44. The molecule has 0 radical (unpaired) electrons. The lowest BCUT2D eigenvalue weighted by atomic mass is 9.60. The van der Waals surface area contributed by atoms with Gasteiger partial charge in [0.15, 0.2) is 0 Å². The third-order valence-electron chi connectivity index (χ3n) is 2.92. The van der Waals surface area contributed by atoms with Crippen molar-refractivity contribution in [3.63, 3.8) is 0 Å². The minimum absolute atomic E-state index is 0.0619. The molecule has 0 spiro atoms. The van der Waals surface area contributed by atoms with Gasteiger partial charge >= 0.3 is 0 Å². The molecule has 0 bridgehead atoms. The van der Waals surface area contributed by atoms with E-state index in [0.717, 1.165) is 0 Å². The van der Waals surface area contributed by atoms with Gasteiger partial charge < -0.3 is 4.65 Å². The Bertz CT molecular complexity index is 124. The number of hydrogen-bond donors (Lipinski definition) is 0. The molecular formula is C8H17BO. The van der Waals surface area contributed by atoms with Crippen LogP contribution in [0.5, 0.6) is 0 Å². The van der Waals surface area contributed by atoms with Gasteiger partial charge in [0.05, 0.1) is 5.60 Å². The first-order valence-corrected chi connectivity index (χ1v) is 4.03. The first kappa shape index (κ1) is 8.12. The summed E-state index contributed by atoms with van der Waals surface area (Å²) < 4.78 is 5.76. The number of rotatable bonds is 0. The molecule has 1 rings (SSSR count). The molecule has 2 heteroatoms. The average Bonchev–Trinajstić information content (AvgIpc) is 1.73. The summed E-state index contributed by atoms with van der Waals surface area (Å²) in [5.41, 5.74) is 0.402. The molecule has 10 heavy (non-hydrogen) atoms. The Hall–Kier alpha value is 0.0249. The minimum Gasteiger partial charge on any atom is -0.431 e. The van der Waals surface area contributed by atoms with E-state index < -0.39 is 0 Å². The third kappa shape index (κ3) is 1.09. The van der Waals surface area contributed by atoms with Gasteiger partial charge in [-0.15, -0.1) is 0 Å². The Morgan fingerprint density at radius 3 is 1.80 bits per heavy atom. The zero-order valence-electron chi connectivity index (χ0n) is 7.69. The molecule has 1 heterocycles. The average molecular weight is 140 g/mol. The summed E-state index contributed by atoms with van der Waals surface area (Å²) in [6, 6.07) is 0. The van der Waals surface area contributed by atoms with Gasteiger partial charge in [0, 0.05) is 0 Å². The second-order valence-corrected chi connectivity index (χ2v) is 4.53. The second-order valence-electron chi connectivity index (χ2n) is 4.53. The molecule has 1 aliphatic heterocycles. The normalized spacial score (nSPS) is 29.1. The van der Waals surface area contributed by atoms with Crippen LogP contribution >= 0.6 is 0 Å². The van der Waals surface area contributed by atoms with Gasteiger partial charge in [0.1, 0.15) is 0 Å². The fraction of sp³-hybridized carbons (Fsp3) is 1.00. The maximum Gasteiger partial charge on any atom is 0.291 e. The fourth-order valence-electron chi connectivity index (χ4n) is 1.67. The lowest BCUT2D eigenvalue weighted by Crippen LogP contribution is -2.34. The van der Waals surface area contributed by atoms with Crippen molar-refractivity contribution >= 4 is 6.92 Å². The monoisotopic (exact) mass is 140 g/mol. The molecular weight excluding hydrogens is 123 g/mol. The highest BCUT2D eigenvalue weighted by Gasteiger charge is 2.47. The smallest absolute Gasteiger partial charge is 0.291 e. The molecule has 0 aromatic carbocycles. The van der Waals surface area contributed by atoms with Gasteiger partial charge in [-0.3, -0.25) is 0 Å². The molecule has 0 aromatic rings. The van der Waals surface area contributed by atoms with E-state index in [2.05, 4.69) is 34.5 Å². The summed E-state index contributed by atoms with van der Waals surface area (Å²) in [6.07, 6.45) is 1.18. The van der Waals surface area contributed by atoms with E-state index in [4.69, 9.17) is 4.65 Å². The third-order valence-corrected chi connectivity index (χ3v) is 2.92. The minimum atomic E-state index is 0.0619. The van der Waals surface area contributed by atoms with Crippen LogP contribution in [0.3, 0.4) is 0 Å². The summed E-state index contributed by atoms with van der Waals surface area (Å²) in [6.45, 7) is 11.5. The maximum atomic E-state index is 5.76. The highest BCUT2D eigenvalue weighted by molar-refractivity contribution is 6.51. The van der Waals surface area contributed by atoms with Crippen molar-refractivity contribution in [1.82, 2.24) is 0 Å². The molecule has 1 saturated heterocycles. The Kier molecular flexibility index (Phi) is 1.63. The van der Waals surface area contributed by atoms with Crippen LogP contribution in [0.15, 0.2) is 0 Å². The van der Waals surface area contributed by atoms with Crippen LogP contribution in [0.1, 0.15) is 27.7 Å². The summed E-state index contributed by atoms with van der Waals surface area (Å²) >= 11 is 0. The van der Waals surface area contributed by atoms with Crippen LogP contribution in [-0.4, -0.2) is 12.5 Å². The lowest BCUT2D eigenvalue weighted by molar-refractivity contribution is 0.0368. The molecule has 58 valence electrons. The standard InChI is InChI=1S/C8H17BO/c1-7(2)6-9(5)10-8(7,3)4/h6H2,1-5H3. The molecule has 1 fully saturated rings. The van der Waals surface area contributed by atoms with Crippen LogP contribution in [0, 0.1) is 5.41 Å². The first-order valence-electron chi connectivity index (χ1n) is 4.03. The molecule has 0 aliphatic carbocycles. The van der Waals surface area contributed by atoms with E-state index in [1.54, 1.807) is 0 Å². The predicted molar refractivity (Wildman–Crippen MR) is 45.4 cm³/mol. The van der Waals surface area contributed by atoms with Crippen molar-refractivity contribution in [1.29, 1.82) is 0 Å². The van der Waals surface area contributed by atoms with Crippen molar-refractivity contribution in [2.45, 2.75) is 46.4 Å². The lowest BCUT2D eigenvalue weighted by Gasteiger charge is -2.34. The molecule has 0 atom stereocenters. The van der Waals surface area contributed by atoms with Crippen molar-refractivity contribution in [3.8, 4) is 0 Å². The highest BCUT2D eigenvalue weighted by atomic mass is 16.5. The van der Waals surface area contributed by atoms with Gasteiger partial charge in [0.25, 0.3) is 6.92 Å². The Labute approximate surface area is 64.3 Å². The van der Waals surface area contributed by atoms with Crippen LogP contribution in [0.25, 0.3) is 0 Å². The Morgan fingerprint density at radius 2 is 1.70 bits per heavy atom. The number of hydrogen-bond acceptors (Lipinski definition) is 1. The van der Waals surface area contributed by atoms with Crippen LogP contribution in [0.4, 0.5) is 0 Å². The van der Waals surface area contributed by atoms with Crippen LogP contribution < -0.4 is 0 Å². The molecule has 0 amide bonds. The van der Waals surface area contributed by atoms with Crippen molar-refractivity contribution in [2.75, 3.05) is 0 Å². The van der Waals surface area contributed by atoms with E-state index in [0.29, 0.717) is 12.3 Å². The van der Waals surface area contributed by atoms with Crippen molar-refractivity contribution in [2.24, 2.45) is 5.41 Å². The quantitative estimate of drug-likeness (QED) is 0.469. The second kappa shape index (κ2) is 2.01. The van der Waals surface area contributed by atoms with Crippen molar-refractivity contribution in [3.05, 3.63) is 0 Å². The molecule has 0 aromatic heterocycles. The molecule has 1 nitrogen and oxygen atoms in total. The zero-order chi connectivity index (χ0) is 7.99. The molecule has 0 unspecified atom stereocenters. The van der Waals surface area contributed by atoms with E-state index in [9.17, 15) is 0 Å². The maximum absolute atomic E-state index is 5.76. The molecule has 0 saturated carbocycles. The summed E-state index contributed by atoms with van der Waals surface area (Å²) in [4.78, 5) is 0. The largest absolute Gasteiger partial charge is 0.431 e. The van der Waals surface area contributed by atoms with Crippen molar-refractivity contribution < 1.29 is 4.65 Å². The van der Waals surface area contributed by atoms with Gasteiger partial charge in [-0.2, -0.15) is 0 Å². The van der Waals surface area contributed by atoms with Gasteiger partial charge in [-0.05, 0) is 25.6 Å². The van der Waals surface area contributed by atoms with Crippen LogP contribution in [0.2, 0.25) is 13.1 Å². The SMILES string of the molecule is CB1CC(C)(C)C(C)(C)O1. The fourth-order valence-corrected chi connectivity index (χ4v) is 1.67. The summed E-state index contributed by atoms with van der Waals surface area (Å²) in [7, 11) is 0. The predicted octanol–water partition coefficient (Wildman–Crippen LogP) is 2.44. The Morgan fingerprint density at radius 1 is 1.20 bits per heavy atom. The Balaban J connectivity index is 2.78. The van der Waals surface area contributed by atoms with E-state index in [1.807, 2.05) is 0 Å². The summed E-state index contributed by atoms with van der Waals surface area (Å²) in [5, 5.41) is 0. The first-order chi connectivity index (χ1) is 4.35. The molecule has 0 N–H and O–H groups in total. The van der Waals surface area contributed by atoms with Gasteiger partial charge in [-0.1, -0.05) is 20.7 Å². The van der Waals surface area contributed by atoms with Gasteiger partial charge in [-0.25, -0.2) is 0 Å². The van der Waals surface area contributed by atoms with E-state index >= 15 is 0 Å². The van der Waals surface area contributed by atoms with Crippen LogP contribution in [-0.2, 0) is 4.65 Å². The molecule has 1 aliphatic rings. The summed E-state index contributed by atoms with van der Waals surface area (Å²) in [5.74, 6) is 0. The van der Waals surface area contributed by atoms with E-state index in [1.165, 1.54) is 6.32 Å².